The lowest BCUT2D eigenvalue weighted by Gasteiger charge is -1.92. The summed E-state index contributed by atoms with van der Waals surface area (Å²) < 4.78 is 0. The summed E-state index contributed by atoms with van der Waals surface area (Å²) in [6, 6.07) is 7.88. The van der Waals surface area contributed by atoms with E-state index in [1.807, 2.05) is 31.2 Å². The van der Waals surface area contributed by atoms with E-state index < -0.39 is 0 Å². The molecule has 0 spiro atoms. The van der Waals surface area contributed by atoms with Crippen molar-refractivity contribution in [2.24, 2.45) is 21.7 Å². The summed E-state index contributed by atoms with van der Waals surface area (Å²) in [5.41, 5.74) is 12.4. The maximum atomic E-state index is 5.09. The molecule has 4 N–H and O–H groups in total. The highest BCUT2D eigenvalue weighted by Crippen LogP contribution is 1.99. The molecule has 4 nitrogen and oxygen atoms in total. The van der Waals surface area contributed by atoms with Gasteiger partial charge in [0.05, 0.1) is 6.21 Å². The minimum Gasteiger partial charge on any atom is -0.369 e. The van der Waals surface area contributed by atoms with Crippen LogP contribution in [0.2, 0.25) is 0 Å². The zero-order chi connectivity index (χ0) is 9.68. The first-order chi connectivity index (χ1) is 6.18. The van der Waals surface area contributed by atoms with Crippen LogP contribution in [-0.4, -0.2) is 12.2 Å². The Balaban J connectivity index is 0.00000169. The summed E-state index contributed by atoms with van der Waals surface area (Å²) in [5, 5.41) is 7.17. The van der Waals surface area contributed by atoms with E-state index in [0.717, 1.165) is 5.56 Å². The number of halogens is 1. The van der Waals surface area contributed by atoms with Gasteiger partial charge in [-0.15, -0.1) is 17.5 Å². The number of hydrogen-bond acceptors (Lipinski definition) is 2. The van der Waals surface area contributed by atoms with Crippen molar-refractivity contribution in [3.63, 3.8) is 0 Å². The number of aryl methyl sites for hydroxylation is 1. The molecular formula is C9H13ClN4. The zero-order valence-electron chi connectivity index (χ0n) is 7.84. The first-order valence-electron chi connectivity index (χ1n) is 3.87. The smallest absolute Gasteiger partial charge is 0.211 e. The number of nitrogens with two attached hydrogens (primary N) is 2. The fraction of sp³-hybridized carbons (Fsp3) is 0.111. The van der Waals surface area contributed by atoms with Crippen LogP contribution in [-0.2, 0) is 0 Å². The molecule has 0 aliphatic carbocycles. The lowest BCUT2D eigenvalue weighted by atomic mass is 10.2. The highest BCUT2D eigenvalue weighted by Gasteiger charge is 1.85. The third-order valence-electron chi connectivity index (χ3n) is 1.46. The van der Waals surface area contributed by atoms with Gasteiger partial charge in [0.25, 0.3) is 0 Å². The molecule has 0 aromatic heterocycles. The second kappa shape index (κ2) is 5.99. The van der Waals surface area contributed by atoms with Crippen molar-refractivity contribution < 1.29 is 0 Å². The highest BCUT2D eigenvalue weighted by atomic mass is 35.5. The number of hydrogen-bond donors (Lipinski definition) is 2. The Labute approximate surface area is 89.1 Å². The highest BCUT2D eigenvalue weighted by molar-refractivity contribution is 5.85. The fourth-order valence-corrected chi connectivity index (χ4v) is 0.815. The molecule has 1 rings (SSSR count). The SMILES string of the molecule is Cc1ccc(C=NN=C(N)N)cc1.Cl. The maximum Gasteiger partial charge on any atom is 0.211 e. The van der Waals surface area contributed by atoms with Crippen molar-refractivity contribution in [3.05, 3.63) is 35.4 Å². The monoisotopic (exact) mass is 212 g/mol. The van der Waals surface area contributed by atoms with Gasteiger partial charge in [-0.2, -0.15) is 5.10 Å². The number of rotatable bonds is 2. The summed E-state index contributed by atoms with van der Waals surface area (Å²) in [7, 11) is 0. The quantitative estimate of drug-likeness (QED) is 0.436. The Hall–Kier alpha value is -1.55. The van der Waals surface area contributed by atoms with Crippen LogP contribution in [0.5, 0.6) is 0 Å². The summed E-state index contributed by atoms with van der Waals surface area (Å²) in [6.45, 7) is 2.02. The van der Waals surface area contributed by atoms with Crippen LogP contribution in [0, 0.1) is 6.92 Å². The van der Waals surface area contributed by atoms with Crippen molar-refractivity contribution in [3.8, 4) is 0 Å². The molecule has 76 valence electrons. The maximum absolute atomic E-state index is 5.09. The van der Waals surface area contributed by atoms with Crippen LogP contribution < -0.4 is 11.5 Å². The normalized spacial score (nSPS) is 9.50. The molecule has 1 aromatic carbocycles. The Kier molecular flexibility index (Phi) is 5.33. The van der Waals surface area contributed by atoms with E-state index in [9.17, 15) is 0 Å². The molecule has 0 saturated heterocycles. The Morgan fingerprint density at radius 2 is 1.79 bits per heavy atom. The van der Waals surface area contributed by atoms with Crippen LogP contribution in [0.3, 0.4) is 0 Å². The minimum absolute atomic E-state index is 0. The van der Waals surface area contributed by atoms with Crippen molar-refractivity contribution >= 4 is 24.6 Å². The topological polar surface area (TPSA) is 76.8 Å². The van der Waals surface area contributed by atoms with Crippen molar-refractivity contribution in [2.45, 2.75) is 6.92 Å². The average molecular weight is 213 g/mol. The van der Waals surface area contributed by atoms with Crippen LogP contribution in [0.15, 0.2) is 34.5 Å². The molecule has 0 fully saturated rings. The van der Waals surface area contributed by atoms with Crippen molar-refractivity contribution in [1.82, 2.24) is 0 Å². The van der Waals surface area contributed by atoms with Gasteiger partial charge < -0.3 is 11.5 Å². The molecular weight excluding hydrogens is 200 g/mol. The Morgan fingerprint density at radius 1 is 1.21 bits per heavy atom. The van der Waals surface area contributed by atoms with E-state index in [1.165, 1.54) is 5.56 Å². The van der Waals surface area contributed by atoms with Gasteiger partial charge in [0.2, 0.25) is 5.96 Å². The van der Waals surface area contributed by atoms with Gasteiger partial charge in [-0.3, -0.25) is 0 Å². The largest absolute Gasteiger partial charge is 0.369 e. The molecule has 0 radical (unpaired) electrons. The molecule has 0 heterocycles. The molecule has 0 unspecified atom stereocenters. The molecule has 1 aromatic rings. The van der Waals surface area contributed by atoms with Crippen LogP contribution >= 0.6 is 12.4 Å². The van der Waals surface area contributed by atoms with Gasteiger partial charge in [-0.25, -0.2) is 0 Å². The van der Waals surface area contributed by atoms with E-state index >= 15 is 0 Å². The molecule has 0 amide bonds. The van der Waals surface area contributed by atoms with E-state index in [-0.39, 0.29) is 18.4 Å². The van der Waals surface area contributed by atoms with Crippen LogP contribution in [0.1, 0.15) is 11.1 Å². The molecule has 5 heteroatoms. The van der Waals surface area contributed by atoms with Gasteiger partial charge in [0.1, 0.15) is 0 Å². The van der Waals surface area contributed by atoms with Gasteiger partial charge in [0, 0.05) is 0 Å². The second-order valence-corrected chi connectivity index (χ2v) is 2.68. The first kappa shape index (κ1) is 12.4. The van der Waals surface area contributed by atoms with E-state index in [0.29, 0.717) is 0 Å². The van der Waals surface area contributed by atoms with Gasteiger partial charge in [0.15, 0.2) is 0 Å². The summed E-state index contributed by atoms with van der Waals surface area (Å²) >= 11 is 0. The molecule has 0 atom stereocenters. The van der Waals surface area contributed by atoms with Crippen LogP contribution in [0.25, 0.3) is 0 Å². The second-order valence-electron chi connectivity index (χ2n) is 2.68. The van der Waals surface area contributed by atoms with E-state index in [1.54, 1.807) is 6.21 Å². The first-order valence-corrected chi connectivity index (χ1v) is 3.87. The predicted molar refractivity (Wildman–Crippen MR) is 61.8 cm³/mol. The van der Waals surface area contributed by atoms with Crippen LogP contribution in [0.4, 0.5) is 0 Å². The number of benzene rings is 1. The molecule has 0 aliphatic heterocycles. The fourth-order valence-electron chi connectivity index (χ4n) is 0.815. The van der Waals surface area contributed by atoms with E-state index in [4.69, 9.17) is 11.5 Å². The summed E-state index contributed by atoms with van der Waals surface area (Å²) in [5.74, 6) is -0.0386. The average Bonchev–Trinajstić information content (AvgIpc) is 2.08. The Morgan fingerprint density at radius 3 is 2.29 bits per heavy atom. The van der Waals surface area contributed by atoms with Gasteiger partial charge in [-0.1, -0.05) is 29.8 Å². The Bertz CT molecular complexity index is 325. The summed E-state index contributed by atoms with van der Waals surface area (Å²) in [6.07, 6.45) is 1.60. The molecule has 0 aliphatic rings. The third kappa shape index (κ3) is 4.47. The lowest BCUT2D eigenvalue weighted by Crippen LogP contribution is -2.21. The van der Waals surface area contributed by atoms with Crippen molar-refractivity contribution in [1.29, 1.82) is 0 Å². The third-order valence-corrected chi connectivity index (χ3v) is 1.46. The summed E-state index contributed by atoms with van der Waals surface area (Å²) in [4.78, 5) is 0. The lowest BCUT2D eigenvalue weighted by molar-refractivity contribution is 1.21. The zero-order valence-corrected chi connectivity index (χ0v) is 8.66. The van der Waals surface area contributed by atoms with Gasteiger partial charge >= 0.3 is 0 Å². The molecule has 14 heavy (non-hydrogen) atoms. The number of nitrogens with zero attached hydrogens (tertiary/aromatic N) is 2. The molecule has 0 saturated carbocycles. The van der Waals surface area contributed by atoms with Gasteiger partial charge in [-0.05, 0) is 12.5 Å². The standard InChI is InChI=1S/C9H12N4.ClH/c1-7-2-4-8(5-3-7)6-12-13-9(10)11;/h2-6H,1H3,(H4,10,11,13);1H. The van der Waals surface area contributed by atoms with Crippen molar-refractivity contribution in [2.75, 3.05) is 0 Å². The van der Waals surface area contributed by atoms with E-state index in [2.05, 4.69) is 10.2 Å². The predicted octanol–water partition coefficient (Wildman–Crippen LogP) is 1.02. The number of guanidine groups is 1. The molecule has 0 bridgehead atoms. The minimum atomic E-state index is -0.0386.